The van der Waals surface area contributed by atoms with E-state index >= 15 is 0 Å². The van der Waals surface area contributed by atoms with Crippen LogP contribution in [0.25, 0.3) is 0 Å². The number of halogens is 1. The van der Waals surface area contributed by atoms with Gasteiger partial charge in [0.2, 0.25) is 0 Å². The fraction of sp³-hybridized carbons (Fsp3) is 0.240. The van der Waals surface area contributed by atoms with Crippen LogP contribution in [-0.4, -0.2) is 20.9 Å². The normalized spacial score (nSPS) is 15.4. The van der Waals surface area contributed by atoms with Crippen molar-refractivity contribution in [2.75, 3.05) is 11.3 Å². The lowest BCUT2D eigenvalue weighted by molar-refractivity contribution is -0.124. The molecule has 1 aliphatic rings. The summed E-state index contributed by atoms with van der Waals surface area (Å²) in [4.78, 5) is 12.5. The molecule has 1 amide bonds. The van der Waals surface area contributed by atoms with E-state index in [0.717, 1.165) is 30.4 Å². The van der Waals surface area contributed by atoms with Crippen molar-refractivity contribution >= 4 is 33.2 Å². The average molecular weight is 485 g/mol. The summed E-state index contributed by atoms with van der Waals surface area (Å²) in [6.07, 6.45) is 2.95. The molecular weight excluding hydrogens is 460 g/mol. The monoisotopic (exact) mass is 484 g/mol. The lowest BCUT2D eigenvalue weighted by Crippen LogP contribution is -2.34. The van der Waals surface area contributed by atoms with Gasteiger partial charge in [-0.1, -0.05) is 41.9 Å². The third-order valence-corrected chi connectivity index (χ3v) is 7.44. The standard InChI is InChI=1S/C25H25ClN2O4S/c1-17-9-10-19(15-23(17)26)28-33(30,31)21-13-11-20(12-14-21)32-16-25(29)27-24-8-4-6-18-5-2-3-7-22(18)24/h2-3,5,7,9-15,24,28H,4,6,8,16H2,1H3,(H,27,29). The van der Waals surface area contributed by atoms with Gasteiger partial charge in [0.1, 0.15) is 5.75 Å². The molecule has 172 valence electrons. The molecule has 3 aromatic rings. The van der Waals surface area contributed by atoms with Crippen LogP contribution in [0.4, 0.5) is 5.69 Å². The minimum absolute atomic E-state index is 0.0140. The van der Waals surface area contributed by atoms with E-state index in [1.807, 2.05) is 19.1 Å². The number of hydrogen-bond acceptors (Lipinski definition) is 4. The van der Waals surface area contributed by atoms with Crippen LogP contribution in [0, 0.1) is 6.92 Å². The first-order valence-corrected chi connectivity index (χ1v) is 12.6. The summed E-state index contributed by atoms with van der Waals surface area (Å²) in [5, 5.41) is 3.52. The predicted molar refractivity (Wildman–Crippen MR) is 129 cm³/mol. The first kappa shape index (κ1) is 23.1. The molecule has 1 unspecified atom stereocenters. The summed E-state index contributed by atoms with van der Waals surface area (Å²) in [6.45, 7) is 1.69. The molecule has 6 nitrogen and oxygen atoms in total. The van der Waals surface area contributed by atoms with Gasteiger partial charge in [-0.3, -0.25) is 9.52 Å². The number of aryl methyl sites for hydroxylation is 2. The number of fused-ring (bicyclic) bond motifs is 1. The second kappa shape index (κ2) is 9.85. The summed E-state index contributed by atoms with van der Waals surface area (Å²) < 4.78 is 33.4. The van der Waals surface area contributed by atoms with Crippen LogP contribution >= 0.6 is 11.6 Å². The van der Waals surface area contributed by atoms with Gasteiger partial charge >= 0.3 is 0 Å². The van der Waals surface area contributed by atoms with Crippen molar-refractivity contribution in [3.63, 3.8) is 0 Å². The summed E-state index contributed by atoms with van der Waals surface area (Å²) in [6, 6.07) is 19.0. The van der Waals surface area contributed by atoms with E-state index in [9.17, 15) is 13.2 Å². The Morgan fingerprint density at radius 3 is 2.61 bits per heavy atom. The van der Waals surface area contributed by atoms with Crippen molar-refractivity contribution in [3.05, 3.63) is 88.4 Å². The number of ether oxygens (including phenoxy) is 1. The SMILES string of the molecule is Cc1ccc(NS(=O)(=O)c2ccc(OCC(=O)NC3CCCc4ccccc43)cc2)cc1Cl. The number of carbonyl (C=O) groups is 1. The Hall–Kier alpha value is -3.03. The maximum atomic E-state index is 12.6. The molecule has 0 bridgehead atoms. The Labute approximate surface area is 199 Å². The molecule has 1 aliphatic carbocycles. The highest BCUT2D eigenvalue weighted by atomic mass is 35.5. The van der Waals surface area contributed by atoms with Crippen molar-refractivity contribution in [1.29, 1.82) is 0 Å². The van der Waals surface area contributed by atoms with Crippen molar-refractivity contribution in [2.45, 2.75) is 37.1 Å². The number of rotatable bonds is 7. The zero-order chi connectivity index (χ0) is 23.4. The highest BCUT2D eigenvalue weighted by Crippen LogP contribution is 2.29. The number of carbonyl (C=O) groups excluding carboxylic acids is 1. The largest absolute Gasteiger partial charge is 0.484 e. The third-order valence-electron chi connectivity index (χ3n) is 5.63. The summed E-state index contributed by atoms with van der Waals surface area (Å²) >= 11 is 6.07. The van der Waals surface area contributed by atoms with E-state index in [1.165, 1.54) is 29.8 Å². The fourth-order valence-corrected chi connectivity index (χ4v) is 5.10. The Morgan fingerprint density at radius 2 is 1.85 bits per heavy atom. The van der Waals surface area contributed by atoms with Gasteiger partial charge in [-0.25, -0.2) is 8.42 Å². The Balaban J connectivity index is 1.34. The quantitative estimate of drug-likeness (QED) is 0.493. The Kier molecular flexibility index (Phi) is 6.91. The molecule has 3 aromatic carbocycles. The highest BCUT2D eigenvalue weighted by Gasteiger charge is 2.21. The first-order chi connectivity index (χ1) is 15.8. The highest BCUT2D eigenvalue weighted by molar-refractivity contribution is 7.92. The second-order valence-corrected chi connectivity index (χ2v) is 10.1. The number of anilines is 1. The minimum atomic E-state index is -3.78. The molecule has 0 heterocycles. The zero-order valence-corrected chi connectivity index (χ0v) is 19.7. The van der Waals surface area contributed by atoms with E-state index < -0.39 is 10.0 Å². The molecule has 0 saturated heterocycles. The van der Waals surface area contributed by atoms with Crippen LogP contribution in [0.2, 0.25) is 5.02 Å². The van der Waals surface area contributed by atoms with Gasteiger partial charge in [0.05, 0.1) is 16.6 Å². The summed E-state index contributed by atoms with van der Waals surface area (Å²) in [5.41, 5.74) is 3.67. The van der Waals surface area contributed by atoms with E-state index in [-0.39, 0.29) is 23.5 Å². The van der Waals surface area contributed by atoms with Gasteiger partial charge in [0.15, 0.2) is 6.61 Å². The van der Waals surface area contributed by atoms with E-state index in [4.69, 9.17) is 16.3 Å². The molecule has 0 aliphatic heterocycles. The summed E-state index contributed by atoms with van der Waals surface area (Å²) in [7, 11) is -3.78. The molecule has 8 heteroatoms. The van der Waals surface area contributed by atoms with Gasteiger partial charge in [-0.05, 0) is 79.3 Å². The van der Waals surface area contributed by atoms with Crippen LogP contribution in [0.5, 0.6) is 5.75 Å². The molecule has 33 heavy (non-hydrogen) atoms. The summed E-state index contributed by atoms with van der Waals surface area (Å²) in [5.74, 6) is 0.192. The maximum absolute atomic E-state index is 12.6. The van der Waals surface area contributed by atoms with E-state index in [0.29, 0.717) is 16.5 Å². The van der Waals surface area contributed by atoms with Crippen LogP contribution in [0.15, 0.2) is 71.6 Å². The molecule has 0 fully saturated rings. The van der Waals surface area contributed by atoms with Crippen LogP contribution in [0.3, 0.4) is 0 Å². The van der Waals surface area contributed by atoms with Crippen molar-refractivity contribution < 1.29 is 17.9 Å². The molecule has 0 saturated carbocycles. The van der Waals surface area contributed by atoms with Crippen LogP contribution < -0.4 is 14.8 Å². The van der Waals surface area contributed by atoms with Gasteiger partial charge in [-0.15, -0.1) is 0 Å². The Bertz CT molecular complexity index is 1260. The predicted octanol–water partition coefficient (Wildman–Crippen LogP) is 5.02. The lowest BCUT2D eigenvalue weighted by atomic mass is 9.88. The van der Waals surface area contributed by atoms with Crippen molar-refractivity contribution in [3.8, 4) is 5.75 Å². The van der Waals surface area contributed by atoms with E-state index in [2.05, 4.69) is 22.2 Å². The number of benzene rings is 3. The smallest absolute Gasteiger partial charge is 0.261 e. The van der Waals surface area contributed by atoms with Crippen molar-refractivity contribution in [1.82, 2.24) is 5.32 Å². The van der Waals surface area contributed by atoms with Gasteiger partial charge in [-0.2, -0.15) is 0 Å². The van der Waals surface area contributed by atoms with E-state index in [1.54, 1.807) is 18.2 Å². The maximum Gasteiger partial charge on any atom is 0.261 e. The van der Waals surface area contributed by atoms with Crippen LogP contribution in [-0.2, 0) is 21.2 Å². The molecule has 0 radical (unpaired) electrons. The molecule has 2 N–H and O–H groups in total. The molecular formula is C25H25ClN2O4S. The van der Waals surface area contributed by atoms with Gasteiger partial charge < -0.3 is 10.1 Å². The first-order valence-electron chi connectivity index (χ1n) is 10.7. The van der Waals surface area contributed by atoms with Crippen LogP contribution in [0.1, 0.15) is 35.6 Å². The number of hydrogen-bond donors (Lipinski definition) is 2. The zero-order valence-electron chi connectivity index (χ0n) is 18.2. The number of nitrogens with one attached hydrogen (secondary N) is 2. The fourth-order valence-electron chi connectivity index (χ4n) is 3.87. The third kappa shape index (κ3) is 5.67. The second-order valence-electron chi connectivity index (χ2n) is 8.04. The molecule has 4 rings (SSSR count). The average Bonchev–Trinajstić information content (AvgIpc) is 2.80. The lowest BCUT2D eigenvalue weighted by Gasteiger charge is -2.26. The number of amides is 1. The Morgan fingerprint density at radius 1 is 1.09 bits per heavy atom. The molecule has 0 spiro atoms. The molecule has 0 aromatic heterocycles. The van der Waals surface area contributed by atoms with Gasteiger partial charge in [0, 0.05) is 5.02 Å². The van der Waals surface area contributed by atoms with Gasteiger partial charge in [0.25, 0.3) is 15.9 Å². The van der Waals surface area contributed by atoms with Crippen molar-refractivity contribution in [2.24, 2.45) is 0 Å². The minimum Gasteiger partial charge on any atom is -0.484 e. The molecule has 1 atom stereocenters. The topological polar surface area (TPSA) is 84.5 Å². The number of sulfonamides is 1.